The molecule has 0 bridgehead atoms. The Morgan fingerprint density at radius 1 is 0.667 bits per heavy atom. The van der Waals surface area contributed by atoms with Crippen LogP contribution in [-0.2, 0) is 35.0 Å². The maximum atomic E-state index is 12.8. The molecule has 0 radical (unpaired) electrons. The SMILES string of the molecule is C=C(C)C(=O)OCCOC(=O)c1ccc(-c2ccc(-c3ccc(OC(=O)CC)cc3)cc2CC)c(OCCOC(=O)C(=C)C)c1. The number of aryl methyl sites for hydroxylation is 1. The number of hydrogen-bond donors (Lipinski definition) is 0. The van der Waals surface area contributed by atoms with Crippen LogP contribution < -0.4 is 9.47 Å². The molecular weight excluding hydrogens is 576 g/mol. The zero-order chi connectivity index (χ0) is 32.9. The first kappa shape index (κ1) is 34.3. The normalized spacial score (nSPS) is 10.4. The molecule has 0 aliphatic heterocycles. The van der Waals surface area contributed by atoms with Crippen LogP contribution in [0.3, 0.4) is 0 Å². The molecule has 0 aliphatic carbocycles. The zero-order valence-electron chi connectivity index (χ0n) is 26.1. The Hall–Kier alpha value is -5.18. The molecule has 0 aromatic heterocycles. The van der Waals surface area contributed by atoms with Crippen molar-refractivity contribution in [1.82, 2.24) is 0 Å². The van der Waals surface area contributed by atoms with E-state index in [0.29, 0.717) is 24.3 Å². The van der Waals surface area contributed by atoms with E-state index in [9.17, 15) is 19.2 Å². The summed E-state index contributed by atoms with van der Waals surface area (Å²) in [5.41, 5.74) is 5.35. The first-order chi connectivity index (χ1) is 21.5. The van der Waals surface area contributed by atoms with Gasteiger partial charge in [-0.3, -0.25) is 4.79 Å². The van der Waals surface area contributed by atoms with Crippen LogP contribution >= 0.6 is 0 Å². The molecule has 3 aromatic carbocycles. The van der Waals surface area contributed by atoms with Crippen LogP contribution in [0.25, 0.3) is 22.3 Å². The monoisotopic (exact) mass is 614 g/mol. The molecule has 0 unspecified atom stereocenters. The number of carbonyl (C=O) groups is 4. The lowest BCUT2D eigenvalue weighted by atomic mass is 9.92. The molecule has 0 amide bonds. The predicted molar refractivity (Wildman–Crippen MR) is 170 cm³/mol. The minimum atomic E-state index is -0.620. The van der Waals surface area contributed by atoms with Crippen LogP contribution in [0.15, 0.2) is 85.0 Å². The minimum absolute atomic E-state index is 0.0168. The van der Waals surface area contributed by atoms with Gasteiger partial charge in [-0.05, 0) is 72.9 Å². The predicted octanol–water partition coefficient (Wildman–Crippen LogP) is 6.67. The van der Waals surface area contributed by atoms with Crippen molar-refractivity contribution in [2.75, 3.05) is 26.4 Å². The molecule has 9 nitrogen and oxygen atoms in total. The van der Waals surface area contributed by atoms with Crippen LogP contribution in [0.4, 0.5) is 0 Å². The lowest BCUT2D eigenvalue weighted by molar-refractivity contribution is -0.140. The number of carbonyl (C=O) groups excluding carboxylic acids is 4. The number of benzene rings is 3. The Balaban J connectivity index is 1.86. The van der Waals surface area contributed by atoms with E-state index in [4.69, 9.17) is 23.7 Å². The third-order valence-corrected chi connectivity index (χ3v) is 6.52. The minimum Gasteiger partial charge on any atom is -0.489 e. The van der Waals surface area contributed by atoms with Crippen molar-refractivity contribution in [3.8, 4) is 33.8 Å². The highest BCUT2D eigenvalue weighted by molar-refractivity contribution is 5.92. The Morgan fingerprint density at radius 2 is 1.24 bits per heavy atom. The van der Waals surface area contributed by atoms with Crippen molar-refractivity contribution in [2.45, 2.75) is 40.5 Å². The number of rotatable bonds is 15. The highest BCUT2D eigenvalue weighted by Gasteiger charge is 2.17. The van der Waals surface area contributed by atoms with Gasteiger partial charge in [-0.25, -0.2) is 14.4 Å². The van der Waals surface area contributed by atoms with Crippen molar-refractivity contribution in [2.24, 2.45) is 0 Å². The smallest absolute Gasteiger partial charge is 0.338 e. The van der Waals surface area contributed by atoms with Crippen molar-refractivity contribution in [3.63, 3.8) is 0 Å². The van der Waals surface area contributed by atoms with E-state index in [2.05, 4.69) is 19.2 Å². The molecule has 0 N–H and O–H groups in total. The van der Waals surface area contributed by atoms with Crippen molar-refractivity contribution in [3.05, 3.63) is 96.1 Å². The molecule has 0 saturated carbocycles. The summed E-state index contributed by atoms with van der Waals surface area (Å²) in [6.45, 7) is 13.7. The molecule has 3 rings (SSSR count). The summed E-state index contributed by atoms with van der Waals surface area (Å²) in [5, 5.41) is 0. The summed E-state index contributed by atoms with van der Waals surface area (Å²) in [6.07, 6.45) is 1.00. The lowest BCUT2D eigenvalue weighted by Crippen LogP contribution is -2.15. The molecule has 0 atom stereocenters. The van der Waals surface area contributed by atoms with Gasteiger partial charge in [0, 0.05) is 23.1 Å². The van der Waals surface area contributed by atoms with Gasteiger partial charge in [-0.2, -0.15) is 0 Å². The van der Waals surface area contributed by atoms with E-state index < -0.39 is 17.9 Å². The van der Waals surface area contributed by atoms with Crippen molar-refractivity contribution in [1.29, 1.82) is 0 Å². The average molecular weight is 615 g/mol. The fourth-order valence-electron chi connectivity index (χ4n) is 4.12. The fraction of sp³-hybridized carbons (Fsp3) is 0.278. The number of esters is 4. The van der Waals surface area contributed by atoms with Crippen LogP contribution in [-0.4, -0.2) is 50.3 Å². The van der Waals surface area contributed by atoms with E-state index in [1.165, 1.54) is 6.92 Å². The summed E-state index contributed by atoms with van der Waals surface area (Å²) >= 11 is 0. The zero-order valence-corrected chi connectivity index (χ0v) is 26.1. The van der Waals surface area contributed by atoms with E-state index in [1.807, 2.05) is 31.2 Å². The van der Waals surface area contributed by atoms with E-state index in [0.717, 1.165) is 27.8 Å². The number of hydrogen-bond acceptors (Lipinski definition) is 9. The molecule has 236 valence electrons. The Morgan fingerprint density at radius 3 is 1.84 bits per heavy atom. The highest BCUT2D eigenvalue weighted by atomic mass is 16.6. The third kappa shape index (κ3) is 9.92. The molecule has 0 spiro atoms. The van der Waals surface area contributed by atoms with Gasteiger partial charge in [0.1, 0.15) is 37.9 Å². The van der Waals surface area contributed by atoms with Crippen molar-refractivity contribution >= 4 is 23.9 Å². The van der Waals surface area contributed by atoms with Gasteiger partial charge >= 0.3 is 23.9 Å². The lowest BCUT2D eigenvalue weighted by Gasteiger charge is -2.17. The molecule has 0 saturated heterocycles. The Kier molecular flexibility index (Phi) is 12.7. The first-order valence-electron chi connectivity index (χ1n) is 14.6. The largest absolute Gasteiger partial charge is 0.489 e. The molecule has 0 heterocycles. The first-order valence-corrected chi connectivity index (χ1v) is 14.6. The Bertz CT molecular complexity index is 1570. The van der Waals surface area contributed by atoms with Gasteiger partial charge in [0.15, 0.2) is 0 Å². The van der Waals surface area contributed by atoms with E-state index in [1.54, 1.807) is 44.2 Å². The number of ether oxygens (including phenoxy) is 5. The maximum absolute atomic E-state index is 12.8. The van der Waals surface area contributed by atoms with Crippen LogP contribution in [0, 0.1) is 0 Å². The van der Waals surface area contributed by atoms with Gasteiger partial charge in [0.25, 0.3) is 0 Å². The molecular formula is C36H38O9. The molecule has 0 fully saturated rings. The van der Waals surface area contributed by atoms with Gasteiger partial charge in [-0.1, -0.05) is 57.3 Å². The summed E-state index contributed by atoms with van der Waals surface area (Å²) in [5.74, 6) is -1.12. The van der Waals surface area contributed by atoms with Crippen LogP contribution in [0.5, 0.6) is 11.5 Å². The quantitative estimate of drug-likeness (QED) is 0.0608. The molecule has 45 heavy (non-hydrogen) atoms. The van der Waals surface area contributed by atoms with E-state index in [-0.39, 0.29) is 49.1 Å². The summed E-state index contributed by atoms with van der Waals surface area (Å²) in [7, 11) is 0. The fourth-order valence-corrected chi connectivity index (χ4v) is 4.12. The average Bonchev–Trinajstić information content (AvgIpc) is 3.04. The van der Waals surface area contributed by atoms with Gasteiger partial charge in [0.2, 0.25) is 0 Å². The highest BCUT2D eigenvalue weighted by Crippen LogP contribution is 2.36. The topological polar surface area (TPSA) is 114 Å². The van der Waals surface area contributed by atoms with Crippen molar-refractivity contribution < 1.29 is 42.9 Å². The van der Waals surface area contributed by atoms with Gasteiger partial charge < -0.3 is 23.7 Å². The van der Waals surface area contributed by atoms with E-state index >= 15 is 0 Å². The molecule has 9 heteroatoms. The van der Waals surface area contributed by atoms with Crippen LogP contribution in [0.1, 0.15) is 50.0 Å². The second kappa shape index (κ2) is 16.6. The maximum Gasteiger partial charge on any atom is 0.338 e. The summed E-state index contributed by atoms with van der Waals surface area (Å²) in [6, 6.07) is 18.3. The van der Waals surface area contributed by atoms with Gasteiger partial charge in [-0.15, -0.1) is 0 Å². The molecule has 3 aromatic rings. The summed E-state index contributed by atoms with van der Waals surface area (Å²) in [4.78, 5) is 47.8. The second-order valence-electron chi connectivity index (χ2n) is 10.1. The molecule has 0 aliphatic rings. The van der Waals surface area contributed by atoms with Crippen LogP contribution in [0.2, 0.25) is 0 Å². The second-order valence-corrected chi connectivity index (χ2v) is 10.1. The summed E-state index contributed by atoms with van der Waals surface area (Å²) < 4.78 is 26.7. The Labute approximate surface area is 263 Å². The van der Waals surface area contributed by atoms with Gasteiger partial charge in [0.05, 0.1) is 5.56 Å². The third-order valence-electron chi connectivity index (χ3n) is 6.52. The standard InChI is InChI=1S/C36H38O9/c1-7-25-21-27(26-9-13-29(14-10-26)45-33(37)8-2)11-15-30(25)31-16-12-28(36(40)44-20-19-43-35(39)24(5)6)22-32(31)41-17-18-42-34(38)23(3)4/h9-16,21-22H,3,5,7-8,17-20H2,1-2,4,6H3.